The van der Waals surface area contributed by atoms with Crippen molar-refractivity contribution < 1.29 is 19.4 Å². The quantitative estimate of drug-likeness (QED) is 0.813. The lowest BCUT2D eigenvalue weighted by atomic mass is 9.90. The summed E-state index contributed by atoms with van der Waals surface area (Å²) in [7, 11) is 0. The van der Waals surface area contributed by atoms with Gasteiger partial charge in [0, 0.05) is 18.4 Å². The number of fused-ring (bicyclic) bond motifs is 1. The van der Waals surface area contributed by atoms with Crippen molar-refractivity contribution in [3.8, 4) is 5.75 Å². The molecule has 96 valence electrons. The van der Waals surface area contributed by atoms with Crippen LogP contribution >= 0.6 is 0 Å². The van der Waals surface area contributed by atoms with Crippen LogP contribution in [0.25, 0.3) is 0 Å². The molecule has 0 amide bonds. The van der Waals surface area contributed by atoms with E-state index in [1.807, 2.05) is 12.1 Å². The minimum atomic E-state index is -0.820. The third-order valence-electron chi connectivity index (χ3n) is 3.04. The van der Waals surface area contributed by atoms with E-state index in [2.05, 4.69) is 0 Å². The van der Waals surface area contributed by atoms with Gasteiger partial charge in [0.25, 0.3) is 0 Å². The average molecular weight is 248 g/mol. The largest absolute Gasteiger partial charge is 0.494 e. The van der Waals surface area contributed by atoms with Gasteiger partial charge in [0.05, 0.1) is 6.61 Å². The van der Waals surface area contributed by atoms with Gasteiger partial charge >= 0.3 is 5.97 Å². The molecule has 18 heavy (non-hydrogen) atoms. The van der Waals surface area contributed by atoms with Gasteiger partial charge in [-0.1, -0.05) is 6.07 Å². The lowest BCUT2D eigenvalue weighted by Crippen LogP contribution is -2.11. The maximum Gasteiger partial charge on any atom is 0.303 e. The van der Waals surface area contributed by atoms with Gasteiger partial charge < -0.3 is 9.84 Å². The Hall–Kier alpha value is -1.84. The van der Waals surface area contributed by atoms with E-state index >= 15 is 0 Å². The number of aryl methyl sites for hydroxylation is 1. The Kier molecular flexibility index (Phi) is 3.97. The molecule has 0 spiro atoms. The second kappa shape index (κ2) is 5.67. The molecule has 0 heterocycles. The van der Waals surface area contributed by atoms with E-state index in [0.29, 0.717) is 25.2 Å². The van der Waals surface area contributed by atoms with Crippen molar-refractivity contribution in [2.24, 2.45) is 0 Å². The molecule has 1 aliphatic rings. The van der Waals surface area contributed by atoms with Gasteiger partial charge in [0.1, 0.15) is 5.75 Å². The molecule has 0 fully saturated rings. The molecule has 0 aliphatic heterocycles. The monoisotopic (exact) mass is 248 g/mol. The minimum Gasteiger partial charge on any atom is -0.494 e. The molecular formula is C14H16O4. The highest BCUT2D eigenvalue weighted by atomic mass is 16.5. The van der Waals surface area contributed by atoms with Crippen LogP contribution in [0.4, 0.5) is 0 Å². The number of carboxylic acids is 1. The maximum absolute atomic E-state index is 11.7. The summed E-state index contributed by atoms with van der Waals surface area (Å²) < 4.78 is 5.46. The van der Waals surface area contributed by atoms with E-state index in [1.165, 1.54) is 0 Å². The van der Waals surface area contributed by atoms with Gasteiger partial charge in [-0.05, 0) is 37.0 Å². The van der Waals surface area contributed by atoms with Crippen molar-refractivity contribution in [2.45, 2.75) is 32.1 Å². The Balaban J connectivity index is 1.96. The smallest absolute Gasteiger partial charge is 0.303 e. The lowest BCUT2D eigenvalue weighted by Gasteiger charge is -2.15. The first kappa shape index (κ1) is 12.6. The van der Waals surface area contributed by atoms with Crippen LogP contribution in [0, 0.1) is 0 Å². The second-order valence-electron chi connectivity index (χ2n) is 4.44. The minimum absolute atomic E-state index is 0.101. The number of benzene rings is 1. The summed E-state index contributed by atoms with van der Waals surface area (Å²) in [4.78, 5) is 22.1. The molecule has 0 aromatic heterocycles. The topological polar surface area (TPSA) is 63.6 Å². The second-order valence-corrected chi connectivity index (χ2v) is 4.44. The number of aliphatic carboxylic acids is 1. The van der Waals surface area contributed by atoms with Crippen LogP contribution in [0.15, 0.2) is 18.2 Å². The van der Waals surface area contributed by atoms with Gasteiger partial charge in [-0.3, -0.25) is 9.59 Å². The van der Waals surface area contributed by atoms with Crippen molar-refractivity contribution in [1.29, 1.82) is 0 Å². The molecule has 1 aliphatic carbocycles. The highest BCUT2D eigenvalue weighted by Crippen LogP contribution is 2.25. The molecule has 4 nitrogen and oxygen atoms in total. The van der Waals surface area contributed by atoms with E-state index in [4.69, 9.17) is 9.84 Å². The molecule has 2 rings (SSSR count). The summed E-state index contributed by atoms with van der Waals surface area (Å²) in [6.07, 6.45) is 3.05. The zero-order chi connectivity index (χ0) is 13.0. The molecule has 0 atom stereocenters. The van der Waals surface area contributed by atoms with E-state index in [-0.39, 0.29) is 12.2 Å². The van der Waals surface area contributed by atoms with Crippen molar-refractivity contribution >= 4 is 11.8 Å². The van der Waals surface area contributed by atoms with E-state index in [1.54, 1.807) is 6.07 Å². The first-order valence-electron chi connectivity index (χ1n) is 6.17. The molecule has 0 radical (unpaired) electrons. The number of hydrogen-bond donors (Lipinski definition) is 1. The Morgan fingerprint density at radius 1 is 1.33 bits per heavy atom. The summed E-state index contributed by atoms with van der Waals surface area (Å²) in [5, 5.41) is 8.50. The zero-order valence-corrected chi connectivity index (χ0v) is 10.1. The van der Waals surface area contributed by atoms with Gasteiger partial charge in [-0.25, -0.2) is 0 Å². The number of ketones is 1. The van der Waals surface area contributed by atoms with Gasteiger partial charge in [-0.15, -0.1) is 0 Å². The SMILES string of the molecule is O=C(O)CCCOc1ccc2c(c1)C(=O)CCC2. The third-order valence-corrected chi connectivity index (χ3v) is 3.04. The van der Waals surface area contributed by atoms with E-state index in [0.717, 1.165) is 24.0 Å². The fraction of sp³-hybridized carbons (Fsp3) is 0.429. The van der Waals surface area contributed by atoms with Crippen LogP contribution in [0.5, 0.6) is 5.75 Å². The fourth-order valence-electron chi connectivity index (χ4n) is 2.11. The van der Waals surface area contributed by atoms with Gasteiger partial charge in [0.2, 0.25) is 0 Å². The lowest BCUT2D eigenvalue weighted by molar-refractivity contribution is -0.137. The molecule has 0 unspecified atom stereocenters. The normalized spacial score (nSPS) is 14.1. The van der Waals surface area contributed by atoms with Crippen LogP contribution in [-0.4, -0.2) is 23.5 Å². The molecular weight excluding hydrogens is 232 g/mol. The van der Waals surface area contributed by atoms with Crippen molar-refractivity contribution in [3.05, 3.63) is 29.3 Å². The Morgan fingerprint density at radius 3 is 2.94 bits per heavy atom. The summed E-state index contributed by atoms with van der Waals surface area (Å²) in [5.74, 6) is 0.000781. The molecule has 1 aromatic rings. The summed E-state index contributed by atoms with van der Waals surface area (Å²) in [5.41, 5.74) is 1.85. The zero-order valence-electron chi connectivity index (χ0n) is 10.1. The number of Topliss-reactive ketones (excluding diaryl/α,β-unsaturated/α-hetero) is 1. The van der Waals surface area contributed by atoms with Crippen molar-refractivity contribution in [2.75, 3.05) is 6.61 Å². The molecule has 0 saturated heterocycles. The Morgan fingerprint density at radius 2 is 2.17 bits per heavy atom. The Bertz CT molecular complexity index is 465. The number of carbonyl (C=O) groups is 2. The Labute approximate surface area is 106 Å². The molecule has 0 saturated carbocycles. The number of hydrogen-bond acceptors (Lipinski definition) is 3. The highest BCUT2D eigenvalue weighted by Gasteiger charge is 2.17. The van der Waals surface area contributed by atoms with E-state index in [9.17, 15) is 9.59 Å². The van der Waals surface area contributed by atoms with Gasteiger partial charge in [-0.2, -0.15) is 0 Å². The predicted molar refractivity (Wildman–Crippen MR) is 66.1 cm³/mol. The number of carboxylic acid groups (broad SMARTS) is 1. The molecule has 1 N–H and O–H groups in total. The van der Waals surface area contributed by atoms with Gasteiger partial charge in [0.15, 0.2) is 5.78 Å². The first-order valence-corrected chi connectivity index (χ1v) is 6.17. The number of carbonyl (C=O) groups excluding carboxylic acids is 1. The number of rotatable bonds is 5. The predicted octanol–water partition coefficient (Wildman–Crippen LogP) is 2.45. The highest BCUT2D eigenvalue weighted by molar-refractivity contribution is 5.98. The molecule has 4 heteroatoms. The third kappa shape index (κ3) is 3.09. The van der Waals surface area contributed by atoms with Crippen LogP contribution < -0.4 is 4.74 Å². The van der Waals surface area contributed by atoms with Crippen LogP contribution in [-0.2, 0) is 11.2 Å². The van der Waals surface area contributed by atoms with E-state index < -0.39 is 5.97 Å². The first-order chi connectivity index (χ1) is 8.66. The van der Waals surface area contributed by atoms with Crippen molar-refractivity contribution in [3.63, 3.8) is 0 Å². The van der Waals surface area contributed by atoms with Crippen LogP contribution in [0.2, 0.25) is 0 Å². The standard InChI is InChI=1S/C14H16O4/c15-13-4-1-3-10-6-7-11(9-12(10)13)18-8-2-5-14(16)17/h6-7,9H,1-5,8H2,(H,16,17). The summed E-state index contributed by atoms with van der Waals surface area (Å²) in [6.45, 7) is 0.360. The van der Waals surface area contributed by atoms with Crippen LogP contribution in [0.1, 0.15) is 41.6 Å². The molecule has 0 bridgehead atoms. The summed E-state index contributed by atoms with van der Waals surface area (Å²) >= 11 is 0. The molecule has 1 aromatic carbocycles. The van der Waals surface area contributed by atoms with Crippen LogP contribution in [0.3, 0.4) is 0 Å². The summed E-state index contributed by atoms with van der Waals surface area (Å²) in [6, 6.07) is 5.55. The average Bonchev–Trinajstić information content (AvgIpc) is 2.35. The maximum atomic E-state index is 11.7. The number of ether oxygens (including phenoxy) is 1. The van der Waals surface area contributed by atoms with Crippen molar-refractivity contribution in [1.82, 2.24) is 0 Å². The fourth-order valence-corrected chi connectivity index (χ4v) is 2.11.